The number of aryl methyl sites for hydroxylation is 1. The summed E-state index contributed by atoms with van der Waals surface area (Å²) in [4.78, 5) is 32.3. The lowest BCUT2D eigenvalue weighted by atomic mass is 10.1. The highest BCUT2D eigenvalue weighted by molar-refractivity contribution is 5.97. The van der Waals surface area contributed by atoms with E-state index in [4.69, 9.17) is 15.2 Å². The molecule has 1 aromatic heterocycles. The van der Waals surface area contributed by atoms with Crippen molar-refractivity contribution >= 4 is 40.6 Å². The van der Waals surface area contributed by atoms with E-state index >= 15 is 0 Å². The molecule has 0 fully saturated rings. The summed E-state index contributed by atoms with van der Waals surface area (Å²) < 4.78 is 9.50. The molecule has 0 saturated carbocycles. The fourth-order valence-electron chi connectivity index (χ4n) is 2.76. The Labute approximate surface area is 173 Å². The lowest BCUT2D eigenvalue weighted by Gasteiger charge is -2.14. The Morgan fingerprint density at radius 3 is 1.97 bits per heavy atom. The van der Waals surface area contributed by atoms with Crippen molar-refractivity contribution < 1.29 is 19.1 Å². The van der Waals surface area contributed by atoms with Crippen molar-refractivity contribution in [2.45, 2.75) is 6.92 Å². The molecule has 0 atom stereocenters. The van der Waals surface area contributed by atoms with E-state index in [-0.39, 0.29) is 16.8 Å². The Hall–Kier alpha value is -4.14. The average Bonchev–Trinajstić information content (AvgIpc) is 2.75. The van der Waals surface area contributed by atoms with E-state index in [1.165, 1.54) is 38.7 Å². The molecule has 0 aliphatic rings. The molecule has 4 N–H and O–H groups in total. The number of benzene rings is 2. The van der Waals surface area contributed by atoms with Crippen LogP contribution >= 0.6 is 0 Å². The van der Waals surface area contributed by atoms with Crippen LogP contribution in [0.3, 0.4) is 0 Å². The molecule has 9 nitrogen and oxygen atoms in total. The van der Waals surface area contributed by atoms with Gasteiger partial charge in [-0.1, -0.05) is 12.1 Å². The number of nitrogens with zero attached hydrogens (tertiary/aromatic N) is 2. The minimum atomic E-state index is -0.596. The van der Waals surface area contributed by atoms with Gasteiger partial charge >= 0.3 is 11.9 Å². The summed E-state index contributed by atoms with van der Waals surface area (Å²) in [7, 11) is 2.51. The number of ether oxygens (including phenoxy) is 2. The largest absolute Gasteiger partial charge is 0.465 e. The molecule has 0 spiro atoms. The molecule has 0 saturated heterocycles. The van der Waals surface area contributed by atoms with Crippen LogP contribution in [-0.2, 0) is 9.47 Å². The maximum absolute atomic E-state index is 12.0. The number of hydrogen-bond acceptors (Lipinski definition) is 9. The highest BCUT2D eigenvalue weighted by Gasteiger charge is 2.15. The van der Waals surface area contributed by atoms with E-state index in [9.17, 15) is 9.59 Å². The summed E-state index contributed by atoms with van der Waals surface area (Å²) >= 11 is 0. The molecule has 3 rings (SSSR count). The summed E-state index contributed by atoms with van der Waals surface area (Å²) in [5.74, 6) is -0.476. The normalized spacial score (nSPS) is 10.2. The Bertz CT molecular complexity index is 1070. The van der Waals surface area contributed by atoms with Crippen molar-refractivity contribution in [2.75, 3.05) is 30.6 Å². The van der Waals surface area contributed by atoms with Crippen LogP contribution in [0, 0.1) is 6.92 Å². The van der Waals surface area contributed by atoms with Crippen LogP contribution in [0.4, 0.5) is 28.7 Å². The van der Waals surface area contributed by atoms with Crippen molar-refractivity contribution in [3.8, 4) is 0 Å². The van der Waals surface area contributed by atoms with E-state index < -0.39 is 11.9 Å². The zero-order chi connectivity index (χ0) is 21.7. The zero-order valence-electron chi connectivity index (χ0n) is 16.7. The number of anilines is 5. The molecule has 1 heterocycles. The first-order chi connectivity index (χ1) is 14.4. The van der Waals surface area contributed by atoms with Gasteiger partial charge in [0.25, 0.3) is 0 Å². The fraction of sp³-hybridized carbons (Fsp3) is 0.143. The number of carbonyl (C=O) groups excluding carboxylic acids is 2. The van der Waals surface area contributed by atoms with E-state index in [1.807, 2.05) is 31.2 Å². The van der Waals surface area contributed by atoms with Crippen molar-refractivity contribution in [1.29, 1.82) is 0 Å². The molecular weight excluding hydrogens is 386 g/mol. The second kappa shape index (κ2) is 8.91. The molecule has 0 amide bonds. The predicted molar refractivity (Wildman–Crippen MR) is 113 cm³/mol. The Morgan fingerprint density at radius 2 is 1.43 bits per heavy atom. The van der Waals surface area contributed by atoms with Crippen LogP contribution in [0.15, 0.2) is 48.8 Å². The molecule has 0 aliphatic heterocycles. The van der Waals surface area contributed by atoms with Gasteiger partial charge in [0, 0.05) is 11.4 Å². The molecule has 0 aliphatic carbocycles. The summed E-state index contributed by atoms with van der Waals surface area (Å²) in [5, 5.41) is 6.17. The van der Waals surface area contributed by atoms with E-state index in [2.05, 4.69) is 20.6 Å². The number of carbonyl (C=O) groups is 2. The van der Waals surface area contributed by atoms with E-state index in [0.717, 1.165) is 11.3 Å². The van der Waals surface area contributed by atoms with Gasteiger partial charge in [-0.2, -0.15) is 0 Å². The second-order valence-corrected chi connectivity index (χ2v) is 6.39. The standard InChI is InChI=1S/C21H21N5O4/c1-12-5-4-6-15(7-12)25-18-17(22)19(24-11-23-18)26-16-9-13(20(27)29-2)8-14(10-16)21(28)30-3/h4-11H,22H2,1-3H3,(H2,23,24,25,26). The molecule has 3 aromatic rings. The molecule has 2 aromatic carbocycles. The molecule has 0 unspecified atom stereocenters. The number of aromatic nitrogens is 2. The van der Waals surface area contributed by atoms with Gasteiger partial charge in [0.15, 0.2) is 11.6 Å². The van der Waals surface area contributed by atoms with Gasteiger partial charge in [-0.15, -0.1) is 0 Å². The van der Waals surface area contributed by atoms with Crippen LogP contribution in [0.2, 0.25) is 0 Å². The molecule has 9 heteroatoms. The maximum atomic E-state index is 12.0. The number of esters is 2. The molecule has 30 heavy (non-hydrogen) atoms. The van der Waals surface area contributed by atoms with Gasteiger partial charge in [0.2, 0.25) is 0 Å². The third kappa shape index (κ3) is 4.64. The van der Waals surface area contributed by atoms with Crippen molar-refractivity contribution in [3.05, 3.63) is 65.5 Å². The number of hydrogen-bond donors (Lipinski definition) is 3. The van der Waals surface area contributed by atoms with Gasteiger partial charge in [0.05, 0.1) is 25.3 Å². The summed E-state index contributed by atoms with van der Waals surface area (Å²) in [5.41, 5.74) is 9.16. The van der Waals surface area contributed by atoms with Crippen molar-refractivity contribution in [1.82, 2.24) is 9.97 Å². The number of nitrogens with one attached hydrogen (secondary N) is 2. The Kier molecular flexibility index (Phi) is 6.11. The van der Waals surface area contributed by atoms with Gasteiger partial charge < -0.3 is 25.8 Å². The van der Waals surface area contributed by atoms with Gasteiger partial charge in [-0.3, -0.25) is 0 Å². The Balaban J connectivity index is 1.94. The summed E-state index contributed by atoms with van der Waals surface area (Å²) in [6.45, 7) is 1.98. The fourth-order valence-corrected chi connectivity index (χ4v) is 2.76. The van der Waals surface area contributed by atoms with E-state index in [1.54, 1.807) is 0 Å². The maximum Gasteiger partial charge on any atom is 0.337 e. The number of nitrogens with two attached hydrogens (primary N) is 1. The van der Waals surface area contributed by atoms with Gasteiger partial charge in [0.1, 0.15) is 12.0 Å². The second-order valence-electron chi connectivity index (χ2n) is 6.39. The van der Waals surface area contributed by atoms with Crippen molar-refractivity contribution in [2.24, 2.45) is 0 Å². The van der Waals surface area contributed by atoms with Crippen LogP contribution in [0.1, 0.15) is 26.3 Å². The highest BCUT2D eigenvalue weighted by atomic mass is 16.5. The number of rotatable bonds is 6. The Morgan fingerprint density at radius 1 is 0.867 bits per heavy atom. The predicted octanol–water partition coefficient (Wildman–Crippen LogP) is 3.43. The molecule has 0 bridgehead atoms. The quantitative estimate of drug-likeness (QED) is 0.526. The first-order valence-electron chi connectivity index (χ1n) is 8.94. The topological polar surface area (TPSA) is 128 Å². The lowest BCUT2D eigenvalue weighted by Crippen LogP contribution is -2.09. The summed E-state index contributed by atoms with van der Waals surface area (Å²) in [6.07, 6.45) is 1.35. The minimum absolute atomic E-state index is 0.175. The van der Waals surface area contributed by atoms with Crippen molar-refractivity contribution in [3.63, 3.8) is 0 Å². The summed E-state index contributed by atoms with van der Waals surface area (Å²) in [6, 6.07) is 12.2. The third-order valence-electron chi connectivity index (χ3n) is 4.20. The van der Waals surface area contributed by atoms with Gasteiger partial charge in [-0.05, 0) is 42.8 Å². The van der Waals surface area contributed by atoms with Gasteiger partial charge in [-0.25, -0.2) is 19.6 Å². The highest BCUT2D eigenvalue weighted by Crippen LogP contribution is 2.29. The first kappa shape index (κ1) is 20.6. The van der Waals surface area contributed by atoms with Crippen LogP contribution in [-0.4, -0.2) is 36.1 Å². The number of methoxy groups -OCH3 is 2. The smallest absolute Gasteiger partial charge is 0.337 e. The average molecular weight is 407 g/mol. The number of nitrogen functional groups attached to an aromatic ring is 1. The molecular formula is C21H21N5O4. The van der Waals surface area contributed by atoms with Crippen LogP contribution in [0.5, 0.6) is 0 Å². The minimum Gasteiger partial charge on any atom is -0.465 e. The van der Waals surface area contributed by atoms with Crippen LogP contribution in [0.25, 0.3) is 0 Å². The van der Waals surface area contributed by atoms with E-state index in [0.29, 0.717) is 17.3 Å². The molecule has 154 valence electrons. The zero-order valence-corrected chi connectivity index (χ0v) is 16.7. The van der Waals surface area contributed by atoms with Crippen LogP contribution < -0.4 is 16.4 Å². The first-order valence-corrected chi connectivity index (χ1v) is 8.94. The third-order valence-corrected chi connectivity index (χ3v) is 4.20. The monoisotopic (exact) mass is 407 g/mol. The lowest BCUT2D eigenvalue weighted by molar-refractivity contribution is 0.0599. The SMILES string of the molecule is COC(=O)c1cc(Nc2ncnc(Nc3cccc(C)c3)c2N)cc(C(=O)OC)c1. The molecule has 0 radical (unpaired) electrons.